The summed E-state index contributed by atoms with van der Waals surface area (Å²) in [6, 6.07) is 23.8. The molecule has 4 rings (SSSR count). The third-order valence-corrected chi connectivity index (χ3v) is 4.58. The summed E-state index contributed by atoms with van der Waals surface area (Å²) in [7, 11) is 0. The molecular weight excluding hydrogens is 410 g/mol. The average molecular weight is 429 g/mol. The fourth-order valence-corrected chi connectivity index (χ4v) is 3.02. The molecule has 4 aromatic rings. The van der Waals surface area contributed by atoms with Crippen molar-refractivity contribution in [3.8, 4) is 11.5 Å². The zero-order valence-corrected chi connectivity index (χ0v) is 16.9. The molecule has 1 heterocycles. The van der Waals surface area contributed by atoms with Crippen molar-refractivity contribution in [2.24, 2.45) is 0 Å². The second-order valence-electron chi connectivity index (χ2n) is 6.91. The monoisotopic (exact) mass is 429 g/mol. The highest BCUT2D eigenvalue weighted by molar-refractivity contribution is 5.94. The van der Waals surface area contributed by atoms with E-state index < -0.39 is 11.6 Å². The number of amides is 1. The minimum absolute atomic E-state index is 0.232. The number of ether oxygens (including phenoxy) is 2. The summed E-state index contributed by atoms with van der Waals surface area (Å²) in [5.74, 6) is -0.324. The maximum Gasteiger partial charge on any atom is 0.349 e. The van der Waals surface area contributed by atoms with Gasteiger partial charge in [-0.15, -0.1) is 0 Å². The van der Waals surface area contributed by atoms with Crippen LogP contribution in [0.5, 0.6) is 11.5 Å². The van der Waals surface area contributed by atoms with Crippen molar-refractivity contribution in [1.29, 1.82) is 0 Å². The summed E-state index contributed by atoms with van der Waals surface area (Å²) in [4.78, 5) is 35.9. The molecule has 160 valence electrons. The van der Waals surface area contributed by atoms with Gasteiger partial charge in [0.25, 0.3) is 5.91 Å². The number of fused-ring (bicyclic) bond motifs is 1. The number of esters is 1. The summed E-state index contributed by atoms with van der Waals surface area (Å²) < 4.78 is 15.8. The van der Waals surface area contributed by atoms with Crippen LogP contribution >= 0.6 is 0 Å². The molecule has 1 N–H and O–H groups in total. The largest absolute Gasteiger partial charge is 0.482 e. The number of rotatable bonds is 7. The molecular formula is C25H19NO6. The van der Waals surface area contributed by atoms with Crippen molar-refractivity contribution < 1.29 is 23.5 Å². The first-order valence-corrected chi connectivity index (χ1v) is 9.86. The van der Waals surface area contributed by atoms with E-state index in [-0.39, 0.29) is 18.3 Å². The summed E-state index contributed by atoms with van der Waals surface area (Å²) >= 11 is 0. The second-order valence-corrected chi connectivity index (χ2v) is 6.91. The fourth-order valence-electron chi connectivity index (χ4n) is 3.02. The molecule has 0 saturated heterocycles. The smallest absolute Gasteiger partial charge is 0.349 e. The van der Waals surface area contributed by atoms with Gasteiger partial charge < -0.3 is 19.2 Å². The van der Waals surface area contributed by atoms with E-state index in [0.717, 1.165) is 10.9 Å². The third-order valence-electron chi connectivity index (χ3n) is 4.58. The standard InChI is InChI=1S/C25H19NO6/c27-23-12-10-18-9-11-20(14-22(18)32-23)30-16-24(28)31-21-8-4-7-19(13-21)25(29)26-15-17-5-2-1-3-6-17/h1-14H,15-16H2,(H,26,29). The zero-order valence-electron chi connectivity index (χ0n) is 16.9. The van der Waals surface area contributed by atoms with Gasteiger partial charge >= 0.3 is 11.6 Å². The van der Waals surface area contributed by atoms with Crippen molar-refractivity contribution in [2.75, 3.05) is 6.61 Å². The molecule has 3 aromatic carbocycles. The van der Waals surface area contributed by atoms with Crippen LogP contribution in [0.15, 0.2) is 94.1 Å². The molecule has 0 radical (unpaired) electrons. The van der Waals surface area contributed by atoms with Crippen LogP contribution in [0, 0.1) is 0 Å². The van der Waals surface area contributed by atoms with Crippen LogP contribution in [-0.4, -0.2) is 18.5 Å². The highest BCUT2D eigenvalue weighted by Gasteiger charge is 2.11. The predicted molar refractivity (Wildman–Crippen MR) is 118 cm³/mol. The minimum atomic E-state index is -0.638. The van der Waals surface area contributed by atoms with Crippen molar-refractivity contribution in [1.82, 2.24) is 5.32 Å². The molecule has 32 heavy (non-hydrogen) atoms. The van der Waals surface area contributed by atoms with Gasteiger partial charge in [0.2, 0.25) is 0 Å². The summed E-state index contributed by atoms with van der Waals surface area (Å²) in [5.41, 5.74) is 1.24. The molecule has 0 bridgehead atoms. The highest BCUT2D eigenvalue weighted by Crippen LogP contribution is 2.20. The van der Waals surface area contributed by atoms with Crippen molar-refractivity contribution in [3.05, 3.63) is 106 Å². The average Bonchev–Trinajstić information content (AvgIpc) is 2.81. The van der Waals surface area contributed by atoms with Crippen LogP contribution in [0.1, 0.15) is 15.9 Å². The Morgan fingerprint density at radius 2 is 1.66 bits per heavy atom. The summed E-state index contributed by atoms with van der Waals surface area (Å²) in [5, 5.41) is 3.56. The molecule has 1 aromatic heterocycles. The lowest BCUT2D eigenvalue weighted by Crippen LogP contribution is -2.23. The Bertz CT molecular complexity index is 1310. The third kappa shape index (κ3) is 5.40. The number of carbonyl (C=O) groups is 2. The van der Waals surface area contributed by atoms with Gasteiger partial charge in [0.15, 0.2) is 6.61 Å². The molecule has 1 amide bonds. The maximum atomic E-state index is 12.4. The van der Waals surface area contributed by atoms with Crippen LogP contribution in [-0.2, 0) is 11.3 Å². The van der Waals surface area contributed by atoms with Gasteiger partial charge in [-0.1, -0.05) is 36.4 Å². The van der Waals surface area contributed by atoms with Gasteiger partial charge in [-0.2, -0.15) is 0 Å². The first-order valence-electron chi connectivity index (χ1n) is 9.86. The Labute approximate surface area is 183 Å². The normalized spacial score (nSPS) is 10.5. The molecule has 7 heteroatoms. The topological polar surface area (TPSA) is 94.8 Å². The quantitative estimate of drug-likeness (QED) is 0.273. The van der Waals surface area contributed by atoms with Gasteiger partial charge in [0, 0.05) is 29.6 Å². The lowest BCUT2D eigenvalue weighted by Gasteiger charge is -2.09. The van der Waals surface area contributed by atoms with Gasteiger partial charge in [-0.3, -0.25) is 4.79 Å². The van der Waals surface area contributed by atoms with Gasteiger partial charge in [0.05, 0.1) is 0 Å². The molecule has 0 saturated carbocycles. The Morgan fingerprint density at radius 1 is 0.844 bits per heavy atom. The molecule has 0 unspecified atom stereocenters. The number of carbonyl (C=O) groups excluding carboxylic acids is 2. The number of hydrogen-bond acceptors (Lipinski definition) is 6. The van der Waals surface area contributed by atoms with Gasteiger partial charge in [0.1, 0.15) is 17.1 Å². The zero-order chi connectivity index (χ0) is 22.3. The Morgan fingerprint density at radius 3 is 2.50 bits per heavy atom. The lowest BCUT2D eigenvalue weighted by atomic mass is 10.2. The number of hydrogen-bond donors (Lipinski definition) is 1. The Kier molecular flexibility index (Phi) is 6.27. The first kappa shape index (κ1) is 20.9. The number of benzene rings is 3. The molecule has 0 aliphatic carbocycles. The van der Waals surface area contributed by atoms with Crippen LogP contribution in [0.25, 0.3) is 11.0 Å². The van der Waals surface area contributed by atoms with Crippen LogP contribution < -0.4 is 20.4 Å². The van der Waals surface area contributed by atoms with E-state index in [4.69, 9.17) is 13.9 Å². The van der Waals surface area contributed by atoms with Gasteiger partial charge in [-0.25, -0.2) is 9.59 Å². The minimum Gasteiger partial charge on any atom is -0.482 e. The molecule has 7 nitrogen and oxygen atoms in total. The second kappa shape index (κ2) is 9.61. The summed E-state index contributed by atoms with van der Waals surface area (Å²) in [6.07, 6.45) is 0. The van der Waals surface area contributed by atoms with Crippen molar-refractivity contribution in [3.63, 3.8) is 0 Å². The van der Waals surface area contributed by atoms with E-state index in [2.05, 4.69) is 5.32 Å². The van der Waals surface area contributed by atoms with E-state index in [1.54, 1.807) is 36.4 Å². The van der Waals surface area contributed by atoms with Crippen LogP contribution in [0.2, 0.25) is 0 Å². The maximum absolute atomic E-state index is 12.4. The van der Waals surface area contributed by atoms with Crippen LogP contribution in [0.4, 0.5) is 0 Å². The van der Waals surface area contributed by atoms with Crippen molar-refractivity contribution in [2.45, 2.75) is 6.54 Å². The fraction of sp³-hybridized carbons (Fsp3) is 0.0800. The van der Waals surface area contributed by atoms with E-state index in [9.17, 15) is 14.4 Å². The predicted octanol–water partition coefficient (Wildman–Crippen LogP) is 3.71. The molecule has 0 fully saturated rings. The Hall–Kier alpha value is -4.39. The first-order chi connectivity index (χ1) is 15.6. The molecule has 0 aliphatic heterocycles. The lowest BCUT2D eigenvalue weighted by molar-refractivity contribution is -0.136. The number of nitrogens with one attached hydrogen (secondary N) is 1. The molecule has 0 atom stereocenters. The molecule has 0 aliphatic rings. The van der Waals surface area contributed by atoms with E-state index in [0.29, 0.717) is 23.4 Å². The Balaban J connectivity index is 1.33. The molecule has 0 spiro atoms. The van der Waals surface area contributed by atoms with Gasteiger partial charge in [-0.05, 0) is 42.0 Å². The highest BCUT2D eigenvalue weighted by atomic mass is 16.6. The van der Waals surface area contributed by atoms with Crippen molar-refractivity contribution >= 4 is 22.8 Å². The summed E-state index contributed by atoms with van der Waals surface area (Å²) in [6.45, 7) is 0.0381. The van der Waals surface area contributed by atoms with E-state index >= 15 is 0 Å². The van der Waals surface area contributed by atoms with Crippen LogP contribution in [0.3, 0.4) is 0 Å². The van der Waals surface area contributed by atoms with E-state index in [1.807, 2.05) is 30.3 Å². The SMILES string of the molecule is O=C(COc1ccc2ccc(=O)oc2c1)Oc1cccc(C(=O)NCc2ccccc2)c1. The van der Waals surface area contributed by atoms with E-state index in [1.165, 1.54) is 18.2 Å².